The smallest absolute Gasteiger partial charge is 0.249 e. The maximum atomic E-state index is 11.5. The third kappa shape index (κ3) is 2.13. The molecule has 0 unspecified atom stereocenters. The van der Waals surface area contributed by atoms with E-state index in [1.807, 2.05) is 20.8 Å². The van der Waals surface area contributed by atoms with Crippen molar-refractivity contribution in [3.8, 4) is 0 Å². The fraction of sp³-hybridized carbons (Fsp3) is 0.417. The summed E-state index contributed by atoms with van der Waals surface area (Å²) >= 11 is 0. The first-order valence-electron chi connectivity index (χ1n) is 5.80. The number of hydrogen-bond donors (Lipinski definition) is 2. The van der Waals surface area contributed by atoms with E-state index >= 15 is 0 Å². The van der Waals surface area contributed by atoms with E-state index in [1.54, 1.807) is 6.07 Å². The van der Waals surface area contributed by atoms with Crippen LogP contribution in [0.25, 0.3) is 11.0 Å². The van der Waals surface area contributed by atoms with E-state index < -0.39 is 0 Å². The lowest BCUT2D eigenvalue weighted by Gasteiger charge is -2.08. The molecule has 0 spiro atoms. The highest BCUT2D eigenvalue weighted by molar-refractivity contribution is 5.81. The zero-order chi connectivity index (χ0) is 12.4. The van der Waals surface area contributed by atoms with Crippen LogP contribution in [0.2, 0.25) is 0 Å². The Morgan fingerprint density at radius 1 is 1.35 bits per heavy atom. The van der Waals surface area contributed by atoms with Crippen molar-refractivity contribution >= 4 is 17.0 Å². The second-order valence-corrected chi connectivity index (χ2v) is 3.90. The van der Waals surface area contributed by atoms with Crippen LogP contribution in [0.1, 0.15) is 25.1 Å². The average molecular weight is 232 g/mol. The highest BCUT2D eigenvalue weighted by atomic mass is 16.1. The van der Waals surface area contributed by atoms with Gasteiger partial charge < -0.3 is 10.3 Å². The van der Waals surface area contributed by atoms with Gasteiger partial charge in [0.2, 0.25) is 11.5 Å². The number of anilines is 1. The van der Waals surface area contributed by atoms with Crippen molar-refractivity contribution in [3.63, 3.8) is 0 Å². The van der Waals surface area contributed by atoms with Gasteiger partial charge in [-0.05, 0) is 25.8 Å². The van der Waals surface area contributed by atoms with Crippen LogP contribution < -0.4 is 10.9 Å². The maximum Gasteiger partial charge on any atom is 0.249 e. The second kappa shape index (κ2) is 4.53. The number of hydrogen-bond acceptors (Lipinski definition) is 4. The predicted molar refractivity (Wildman–Crippen MR) is 68.4 cm³/mol. The van der Waals surface area contributed by atoms with E-state index in [2.05, 4.69) is 20.3 Å². The summed E-state index contributed by atoms with van der Waals surface area (Å²) in [6.45, 7) is 6.69. The van der Waals surface area contributed by atoms with Crippen LogP contribution in [0, 0.1) is 6.92 Å². The Hall–Kier alpha value is -1.91. The molecule has 0 saturated carbocycles. The molecule has 0 fully saturated rings. The number of fused-ring (bicyclic) bond motifs is 1. The molecule has 2 aromatic heterocycles. The van der Waals surface area contributed by atoms with Crippen molar-refractivity contribution in [1.29, 1.82) is 0 Å². The number of aromatic amines is 1. The normalized spacial score (nSPS) is 10.8. The number of rotatable bonds is 3. The lowest BCUT2D eigenvalue weighted by atomic mass is 10.1. The number of nitrogens with zero attached hydrogens (tertiary/aromatic N) is 2. The molecule has 0 radical (unpaired) electrons. The van der Waals surface area contributed by atoms with Crippen LogP contribution >= 0.6 is 0 Å². The zero-order valence-electron chi connectivity index (χ0n) is 10.3. The van der Waals surface area contributed by atoms with Gasteiger partial charge in [-0.25, -0.2) is 4.98 Å². The minimum atomic E-state index is -0.116. The lowest BCUT2D eigenvalue weighted by molar-refractivity contribution is 1.04. The zero-order valence-corrected chi connectivity index (χ0v) is 10.3. The van der Waals surface area contributed by atoms with Crippen molar-refractivity contribution in [1.82, 2.24) is 15.0 Å². The van der Waals surface area contributed by atoms with Gasteiger partial charge in [0.25, 0.3) is 0 Å². The fourth-order valence-corrected chi connectivity index (χ4v) is 1.95. The van der Waals surface area contributed by atoms with Gasteiger partial charge in [0.1, 0.15) is 5.65 Å². The molecule has 0 aliphatic heterocycles. The third-order valence-electron chi connectivity index (χ3n) is 2.67. The van der Waals surface area contributed by atoms with Crippen LogP contribution in [-0.4, -0.2) is 21.5 Å². The molecule has 90 valence electrons. The van der Waals surface area contributed by atoms with E-state index in [1.165, 1.54) is 0 Å². The first-order valence-corrected chi connectivity index (χ1v) is 5.80. The molecule has 17 heavy (non-hydrogen) atoms. The predicted octanol–water partition coefficient (Wildman–Crippen LogP) is 1.62. The van der Waals surface area contributed by atoms with Crippen LogP contribution in [0.5, 0.6) is 0 Å². The molecule has 5 nitrogen and oxygen atoms in total. The molecular weight excluding hydrogens is 216 g/mol. The van der Waals surface area contributed by atoms with Gasteiger partial charge in [-0.1, -0.05) is 6.92 Å². The van der Waals surface area contributed by atoms with Crippen LogP contribution in [0.3, 0.4) is 0 Å². The molecule has 2 heterocycles. The minimum absolute atomic E-state index is 0.116. The van der Waals surface area contributed by atoms with Crippen molar-refractivity contribution in [2.45, 2.75) is 27.2 Å². The Labute approximate surface area is 99.3 Å². The summed E-state index contributed by atoms with van der Waals surface area (Å²) in [7, 11) is 0. The van der Waals surface area contributed by atoms with Gasteiger partial charge in [-0.2, -0.15) is 4.98 Å². The highest BCUT2D eigenvalue weighted by Crippen LogP contribution is 2.18. The molecule has 0 amide bonds. The molecule has 0 aliphatic carbocycles. The molecule has 2 aromatic rings. The average Bonchev–Trinajstić information content (AvgIpc) is 2.27. The van der Waals surface area contributed by atoms with Crippen LogP contribution in [-0.2, 0) is 6.42 Å². The highest BCUT2D eigenvalue weighted by Gasteiger charge is 2.09. The van der Waals surface area contributed by atoms with Crippen molar-refractivity contribution in [3.05, 3.63) is 27.7 Å². The van der Waals surface area contributed by atoms with Crippen molar-refractivity contribution in [2.24, 2.45) is 0 Å². The van der Waals surface area contributed by atoms with Gasteiger partial charge in [-0.3, -0.25) is 4.79 Å². The van der Waals surface area contributed by atoms with E-state index in [9.17, 15) is 4.79 Å². The Bertz CT molecular complexity index is 603. The van der Waals surface area contributed by atoms with Crippen molar-refractivity contribution in [2.75, 3.05) is 11.9 Å². The Balaban J connectivity index is 2.76. The molecule has 5 heteroatoms. The molecule has 0 bridgehead atoms. The number of H-pyrrole nitrogens is 1. The second-order valence-electron chi connectivity index (χ2n) is 3.90. The third-order valence-corrected chi connectivity index (χ3v) is 2.67. The molecule has 0 aromatic carbocycles. The Kier molecular flexibility index (Phi) is 3.08. The summed E-state index contributed by atoms with van der Waals surface area (Å²) in [5.41, 5.74) is 2.37. The van der Waals surface area contributed by atoms with E-state index in [4.69, 9.17) is 0 Å². The van der Waals surface area contributed by atoms with Gasteiger partial charge in [0.05, 0.1) is 5.69 Å². The van der Waals surface area contributed by atoms with Crippen molar-refractivity contribution < 1.29 is 0 Å². The monoisotopic (exact) mass is 232 g/mol. The standard InChI is InChI=1S/C12H16N4O/c1-4-8-6-9(17)15-11-10(8)7(3)14-12(16-11)13-5-2/h6H,4-5H2,1-3H3,(H2,13,14,15,16,17). The fourth-order valence-electron chi connectivity index (χ4n) is 1.95. The summed E-state index contributed by atoms with van der Waals surface area (Å²) in [6.07, 6.45) is 0.797. The SMILES string of the molecule is CCNc1nc(C)c2c(CC)cc(=O)[nH]c2n1. The minimum Gasteiger partial charge on any atom is -0.354 e. The summed E-state index contributed by atoms with van der Waals surface area (Å²) in [6, 6.07) is 1.62. The first-order chi connectivity index (χ1) is 8.15. The summed E-state index contributed by atoms with van der Waals surface area (Å²) in [5.74, 6) is 0.557. The summed E-state index contributed by atoms with van der Waals surface area (Å²) in [5, 5.41) is 4.01. The molecular formula is C12H16N4O. The number of nitrogens with one attached hydrogen (secondary N) is 2. The summed E-state index contributed by atoms with van der Waals surface area (Å²) < 4.78 is 0. The number of aryl methyl sites for hydroxylation is 2. The maximum absolute atomic E-state index is 11.5. The Morgan fingerprint density at radius 2 is 2.12 bits per heavy atom. The Morgan fingerprint density at radius 3 is 2.76 bits per heavy atom. The first kappa shape index (κ1) is 11.6. The molecule has 2 N–H and O–H groups in total. The van der Waals surface area contributed by atoms with Crippen LogP contribution in [0.15, 0.2) is 10.9 Å². The number of aromatic nitrogens is 3. The quantitative estimate of drug-likeness (QED) is 0.843. The van der Waals surface area contributed by atoms with Gasteiger partial charge in [-0.15, -0.1) is 0 Å². The molecule has 2 rings (SSSR count). The van der Waals surface area contributed by atoms with Gasteiger partial charge in [0.15, 0.2) is 0 Å². The van der Waals surface area contributed by atoms with Crippen LogP contribution in [0.4, 0.5) is 5.95 Å². The van der Waals surface area contributed by atoms with E-state index in [0.717, 1.165) is 29.6 Å². The van der Waals surface area contributed by atoms with E-state index in [0.29, 0.717) is 11.6 Å². The topological polar surface area (TPSA) is 70.7 Å². The molecule has 0 aliphatic rings. The van der Waals surface area contributed by atoms with Gasteiger partial charge >= 0.3 is 0 Å². The molecule has 0 atom stereocenters. The lowest BCUT2D eigenvalue weighted by Crippen LogP contribution is -2.11. The van der Waals surface area contributed by atoms with E-state index in [-0.39, 0.29) is 5.56 Å². The van der Waals surface area contributed by atoms with Gasteiger partial charge in [0, 0.05) is 18.0 Å². The summed E-state index contributed by atoms with van der Waals surface area (Å²) in [4.78, 5) is 23.0. The largest absolute Gasteiger partial charge is 0.354 e. The molecule has 0 saturated heterocycles. The number of pyridine rings is 1.